The van der Waals surface area contributed by atoms with E-state index in [1.165, 1.54) is 0 Å². The summed E-state index contributed by atoms with van der Waals surface area (Å²) in [4.78, 5) is 9.96. The largest absolute Gasteiger partial charge is 0.464 e. The Balaban J connectivity index is 2.22. The number of aryl methyl sites for hydroxylation is 1. The van der Waals surface area contributed by atoms with Crippen molar-refractivity contribution in [3.05, 3.63) is 57.5 Å². The molecule has 1 aromatic heterocycles. The molecule has 0 spiro atoms. The lowest BCUT2D eigenvalue weighted by atomic mass is 10.2. The van der Waals surface area contributed by atoms with Crippen LogP contribution in [0.25, 0.3) is 0 Å². The van der Waals surface area contributed by atoms with Crippen LogP contribution in [0.1, 0.15) is 18.4 Å². The molecule has 1 N–H and O–H groups in total. The summed E-state index contributed by atoms with van der Waals surface area (Å²) in [7, 11) is 0. The van der Waals surface area contributed by atoms with Crippen molar-refractivity contribution in [2.24, 2.45) is 0 Å². The van der Waals surface area contributed by atoms with E-state index in [-0.39, 0.29) is 12.2 Å². The van der Waals surface area contributed by atoms with Crippen LogP contribution in [0.15, 0.2) is 28.7 Å². The van der Waals surface area contributed by atoms with E-state index < -0.39 is 22.2 Å². The van der Waals surface area contributed by atoms with Crippen LogP contribution in [0.3, 0.4) is 0 Å². The summed E-state index contributed by atoms with van der Waals surface area (Å²) in [5.74, 6) is -0.735. The second-order valence-corrected chi connectivity index (χ2v) is 4.11. The zero-order valence-electron chi connectivity index (χ0n) is 10.7. The van der Waals surface area contributed by atoms with E-state index in [4.69, 9.17) is 4.42 Å². The molecular weight excluding hydrogens is 270 g/mol. The summed E-state index contributed by atoms with van der Waals surface area (Å²) in [5, 5.41) is 13.4. The Kier molecular flexibility index (Phi) is 3.97. The molecule has 0 bridgehead atoms. The SMILES string of the molecule is CCc1ccc(CNc2c(F)cc(F)cc2[N+](=O)[O-])o1. The number of nitro benzene ring substituents is 1. The van der Waals surface area contributed by atoms with Crippen LogP contribution in [0.4, 0.5) is 20.2 Å². The van der Waals surface area contributed by atoms with E-state index in [0.29, 0.717) is 24.3 Å². The molecule has 2 aromatic rings. The fraction of sp³-hybridized carbons (Fsp3) is 0.231. The van der Waals surface area contributed by atoms with Crippen LogP contribution in [0.5, 0.6) is 0 Å². The molecule has 106 valence electrons. The summed E-state index contributed by atoms with van der Waals surface area (Å²) in [6.07, 6.45) is 0.713. The lowest BCUT2D eigenvalue weighted by Gasteiger charge is -2.07. The van der Waals surface area contributed by atoms with Crippen LogP contribution < -0.4 is 5.32 Å². The molecule has 0 radical (unpaired) electrons. The van der Waals surface area contributed by atoms with Gasteiger partial charge in [-0.15, -0.1) is 0 Å². The number of hydrogen-bond acceptors (Lipinski definition) is 4. The van der Waals surface area contributed by atoms with Gasteiger partial charge < -0.3 is 9.73 Å². The second kappa shape index (κ2) is 5.68. The van der Waals surface area contributed by atoms with E-state index in [0.717, 1.165) is 5.76 Å². The van der Waals surface area contributed by atoms with Crippen molar-refractivity contribution in [2.75, 3.05) is 5.32 Å². The molecule has 0 aliphatic heterocycles. The van der Waals surface area contributed by atoms with E-state index in [2.05, 4.69) is 5.32 Å². The van der Waals surface area contributed by atoms with Crippen molar-refractivity contribution >= 4 is 11.4 Å². The van der Waals surface area contributed by atoms with Crippen molar-refractivity contribution in [1.82, 2.24) is 0 Å². The van der Waals surface area contributed by atoms with Gasteiger partial charge in [0, 0.05) is 12.5 Å². The maximum atomic E-state index is 13.6. The van der Waals surface area contributed by atoms with Gasteiger partial charge in [0.25, 0.3) is 5.69 Å². The maximum absolute atomic E-state index is 13.6. The van der Waals surface area contributed by atoms with Gasteiger partial charge in [0.05, 0.1) is 17.5 Å². The zero-order chi connectivity index (χ0) is 14.7. The molecule has 0 amide bonds. The molecule has 0 aliphatic carbocycles. The predicted molar refractivity (Wildman–Crippen MR) is 68.4 cm³/mol. The third-order valence-electron chi connectivity index (χ3n) is 2.74. The molecular formula is C13H12F2N2O3. The summed E-state index contributed by atoms with van der Waals surface area (Å²) >= 11 is 0. The number of benzene rings is 1. The van der Waals surface area contributed by atoms with Gasteiger partial charge >= 0.3 is 0 Å². The molecule has 7 heteroatoms. The number of anilines is 1. The highest BCUT2D eigenvalue weighted by Crippen LogP contribution is 2.29. The standard InChI is InChI=1S/C13H12F2N2O3/c1-2-9-3-4-10(20-9)7-16-13-11(15)5-8(14)6-12(13)17(18)19/h3-6,16H,2,7H2,1H3. The smallest absolute Gasteiger partial charge is 0.298 e. The molecule has 1 aromatic carbocycles. The third-order valence-corrected chi connectivity index (χ3v) is 2.74. The monoisotopic (exact) mass is 282 g/mol. The van der Waals surface area contributed by atoms with Gasteiger partial charge in [-0.25, -0.2) is 8.78 Å². The van der Waals surface area contributed by atoms with Gasteiger partial charge in [-0.2, -0.15) is 0 Å². The quantitative estimate of drug-likeness (QED) is 0.671. The second-order valence-electron chi connectivity index (χ2n) is 4.11. The van der Waals surface area contributed by atoms with Gasteiger partial charge in [-0.05, 0) is 12.1 Å². The van der Waals surface area contributed by atoms with Gasteiger partial charge in [-0.3, -0.25) is 10.1 Å². The van der Waals surface area contributed by atoms with Crippen molar-refractivity contribution in [3.63, 3.8) is 0 Å². The lowest BCUT2D eigenvalue weighted by Crippen LogP contribution is -2.05. The first-order valence-corrected chi connectivity index (χ1v) is 5.96. The highest BCUT2D eigenvalue weighted by molar-refractivity contribution is 5.62. The van der Waals surface area contributed by atoms with Crippen LogP contribution >= 0.6 is 0 Å². The van der Waals surface area contributed by atoms with Crippen LogP contribution in [0, 0.1) is 21.7 Å². The molecule has 20 heavy (non-hydrogen) atoms. The normalized spacial score (nSPS) is 10.6. The number of nitrogens with zero attached hydrogens (tertiary/aromatic N) is 1. The summed E-state index contributed by atoms with van der Waals surface area (Å²) in [6, 6.07) is 4.73. The average Bonchev–Trinajstić information content (AvgIpc) is 2.84. The van der Waals surface area contributed by atoms with Crippen molar-refractivity contribution in [1.29, 1.82) is 0 Å². The minimum Gasteiger partial charge on any atom is -0.464 e. The number of nitro groups is 1. The highest BCUT2D eigenvalue weighted by Gasteiger charge is 2.20. The Bertz CT molecular complexity index is 641. The summed E-state index contributed by atoms with van der Waals surface area (Å²) in [6.45, 7) is 1.99. The maximum Gasteiger partial charge on any atom is 0.298 e. The van der Waals surface area contributed by atoms with Gasteiger partial charge in [0.1, 0.15) is 23.0 Å². The van der Waals surface area contributed by atoms with Gasteiger partial charge in [0.2, 0.25) is 0 Å². The predicted octanol–water partition coefficient (Wildman–Crippen LogP) is 3.64. The molecule has 0 saturated heterocycles. The number of hydrogen-bond donors (Lipinski definition) is 1. The molecule has 0 saturated carbocycles. The molecule has 1 heterocycles. The van der Waals surface area contributed by atoms with E-state index >= 15 is 0 Å². The molecule has 0 fully saturated rings. The molecule has 0 atom stereocenters. The van der Waals surface area contributed by atoms with Crippen LogP contribution in [-0.2, 0) is 13.0 Å². The third kappa shape index (κ3) is 2.93. The van der Waals surface area contributed by atoms with Crippen molar-refractivity contribution in [2.45, 2.75) is 19.9 Å². The number of furan rings is 1. The first-order chi connectivity index (χ1) is 9.51. The van der Waals surface area contributed by atoms with Gasteiger partial charge in [-0.1, -0.05) is 6.92 Å². The topological polar surface area (TPSA) is 68.3 Å². The van der Waals surface area contributed by atoms with E-state index in [1.807, 2.05) is 6.92 Å². The fourth-order valence-corrected chi connectivity index (χ4v) is 1.76. The molecule has 0 unspecified atom stereocenters. The average molecular weight is 282 g/mol. The van der Waals surface area contributed by atoms with Crippen molar-refractivity contribution in [3.8, 4) is 0 Å². The first-order valence-electron chi connectivity index (χ1n) is 5.96. The summed E-state index contributed by atoms with van der Waals surface area (Å²) in [5.41, 5.74) is -1.00. The fourth-order valence-electron chi connectivity index (χ4n) is 1.76. The van der Waals surface area contributed by atoms with E-state index in [9.17, 15) is 18.9 Å². The first kappa shape index (κ1) is 14.0. The molecule has 0 aliphatic rings. The Morgan fingerprint density at radius 2 is 2.00 bits per heavy atom. The molecule has 2 rings (SSSR count). The Hall–Kier alpha value is -2.44. The van der Waals surface area contributed by atoms with E-state index in [1.54, 1.807) is 12.1 Å². The minimum atomic E-state index is -1.01. The Morgan fingerprint density at radius 3 is 2.60 bits per heavy atom. The Labute approximate surface area is 113 Å². The van der Waals surface area contributed by atoms with Crippen LogP contribution in [0.2, 0.25) is 0 Å². The Morgan fingerprint density at radius 1 is 1.30 bits per heavy atom. The number of halogens is 2. The molecule has 5 nitrogen and oxygen atoms in total. The zero-order valence-corrected chi connectivity index (χ0v) is 10.7. The number of nitrogens with one attached hydrogen (secondary N) is 1. The minimum absolute atomic E-state index is 0.0728. The highest BCUT2D eigenvalue weighted by atomic mass is 19.1. The lowest BCUT2D eigenvalue weighted by molar-refractivity contribution is -0.384. The number of rotatable bonds is 5. The van der Waals surface area contributed by atoms with Gasteiger partial charge in [0.15, 0.2) is 5.82 Å². The van der Waals surface area contributed by atoms with Crippen molar-refractivity contribution < 1.29 is 18.1 Å². The van der Waals surface area contributed by atoms with Crippen LogP contribution in [-0.4, -0.2) is 4.92 Å². The summed E-state index contributed by atoms with van der Waals surface area (Å²) < 4.78 is 32.0.